The first-order valence-corrected chi connectivity index (χ1v) is 7.92. The molecule has 3 nitrogen and oxygen atoms in total. The zero-order chi connectivity index (χ0) is 15.6. The number of hydrogen-bond donors (Lipinski definition) is 0. The maximum absolute atomic E-state index is 13.4. The molecule has 0 atom stereocenters. The number of nitrogens with zero attached hydrogens (tertiary/aromatic N) is 1. The standard InChI is InChI=1S/C14H12ClF2NO2S/c1-18(13-4-2-3-11(16)7-13)21(19,20)14-8-12(17)6-5-10(14)9-15/h2-8H,9H2,1H3. The highest BCUT2D eigenvalue weighted by Crippen LogP contribution is 2.26. The monoisotopic (exact) mass is 331 g/mol. The second kappa shape index (κ2) is 5.99. The van der Waals surface area contributed by atoms with E-state index in [-0.39, 0.29) is 22.0 Å². The molecule has 0 spiro atoms. The van der Waals surface area contributed by atoms with Crippen LogP contribution in [0, 0.1) is 11.6 Å². The van der Waals surface area contributed by atoms with Gasteiger partial charge in [-0.3, -0.25) is 4.31 Å². The molecule has 7 heteroatoms. The van der Waals surface area contributed by atoms with Crippen LogP contribution in [0.1, 0.15) is 5.56 Å². The molecule has 0 amide bonds. The third-order valence-electron chi connectivity index (χ3n) is 2.98. The molecule has 112 valence electrons. The molecule has 0 saturated heterocycles. The molecule has 0 N–H and O–H groups in total. The topological polar surface area (TPSA) is 37.4 Å². The minimum absolute atomic E-state index is 0.0775. The first kappa shape index (κ1) is 15.7. The van der Waals surface area contributed by atoms with E-state index in [1.807, 2.05) is 0 Å². The summed E-state index contributed by atoms with van der Waals surface area (Å²) in [7, 11) is -2.76. The predicted molar refractivity (Wildman–Crippen MR) is 77.9 cm³/mol. The summed E-state index contributed by atoms with van der Waals surface area (Å²) in [4.78, 5) is -0.232. The number of sulfonamides is 1. The summed E-state index contributed by atoms with van der Waals surface area (Å²) in [5.41, 5.74) is 0.418. The van der Waals surface area contributed by atoms with Gasteiger partial charge in [0.15, 0.2) is 0 Å². The summed E-state index contributed by atoms with van der Waals surface area (Å²) < 4.78 is 52.6. The first-order valence-electron chi connectivity index (χ1n) is 5.95. The Morgan fingerprint density at radius 2 is 1.76 bits per heavy atom. The fraction of sp³-hybridized carbons (Fsp3) is 0.143. The minimum Gasteiger partial charge on any atom is -0.269 e. The highest BCUT2D eigenvalue weighted by Gasteiger charge is 2.25. The number of anilines is 1. The van der Waals surface area contributed by atoms with Crippen LogP contribution in [0.2, 0.25) is 0 Å². The highest BCUT2D eigenvalue weighted by molar-refractivity contribution is 7.92. The van der Waals surface area contributed by atoms with Crippen LogP contribution < -0.4 is 4.31 Å². The molecule has 0 unspecified atom stereocenters. The van der Waals surface area contributed by atoms with Crippen molar-refractivity contribution in [2.45, 2.75) is 10.8 Å². The molecule has 21 heavy (non-hydrogen) atoms. The maximum atomic E-state index is 13.4. The largest absolute Gasteiger partial charge is 0.269 e. The predicted octanol–water partition coefficient (Wildman–Crippen LogP) is 3.53. The van der Waals surface area contributed by atoms with Crippen molar-refractivity contribution >= 4 is 27.3 Å². The number of alkyl halides is 1. The summed E-state index contributed by atoms with van der Waals surface area (Å²) in [5.74, 6) is -1.33. The molecule has 0 aliphatic rings. The van der Waals surface area contributed by atoms with Gasteiger partial charge in [0.05, 0.1) is 10.6 Å². The molecule has 2 aromatic carbocycles. The van der Waals surface area contributed by atoms with Crippen LogP contribution >= 0.6 is 11.6 Å². The van der Waals surface area contributed by atoms with Crippen LogP contribution in [0.5, 0.6) is 0 Å². The van der Waals surface area contributed by atoms with E-state index in [2.05, 4.69) is 0 Å². The van der Waals surface area contributed by atoms with Crippen molar-refractivity contribution in [3.63, 3.8) is 0 Å². The molecule has 0 saturated carbocycles. The molecule has 2 aromatic rings. The molecule has 0 fully saturated rings. The normalized spacial score (nSPS) is 11.4. The molecular formula is C14H12ClF2NO2S. The molecule has 0 aliphatic carbocycles. The first-order chi connectivity index (χ1) is 9.86. The Balaban J connectivity index is 2.54. The van der Waals surface area contributed by atoms with Gasteiger partial charge in [-0.25, -0.2) is 17.2 Å². The third kappa shape index (κ3) is 3.16. The van der Waals surface area contributed by atoms with Crippen LogP contribution in [-0.4, -0.2) is 15.5 Å². The summed E-state index contributed by atoms with van der Waals surface area (Å²) in [6.07, 6.45) is 0. The highest BCUT2D eigenvalue weighted by atomic mass is 35.5. The van der Waals surface area contributed by atoms with E-state index in [1.165, 1.54) is 31.3 Å². The van der Waals surface area contributed by atoms with Gasteiger partial charge in [0.2, 0.25) is 0 Å². The second-order valence-electron chi connectivity index (χ2n) is 4.34. The lowest BCUT2D eigenvalue weighted by molar-refractivity contribution is 0.588. The van der Waals surface area contributed by atoms with E-state index in [1.54, 1.807) is 0 Å². The molecular weight excluding hydrogens is 320 g/mol. The van der Waals surface area contributed by atoms with E-state index in [0.29, 0.717) is 0 Å². The van der Waals surface area contributed by atoms with Crippen LogP contribution in [0.4, 0.5) is 14.5 Å². The van der Waals surface area contributed by atoms with Crippen molar-refractivity contribution in [1.82, 2.24) is 0 Å². The lowest BCUT2D eigenvalue weighted by atomic mass is 10.2. The van der Waals surface area contributed by atoms with E-state index in [4.69, 9.17) is 11.6 Å². The summed E-state index contributed by atoms with van der Waals surface area (Å²) >= 11 is 5.70. The van der Waals surface area contributed by atoms with Gasteiger partial charge < -0.3 is 0 Å². The number of benzene rings is 2. The van der Waals surface area contributed by atoms with Crippen molar-refractivity contribution in [2.75, 3.05) is 11.4 Å². The fourth-order valence-electron chi connectivity index (χ4n) is 1.84. The lowest BCUT2D eigenvalue weighted by Gasteiger charge is -2.21. The van der Waals surface area contributed by atoms with Crippen LogP contribution in [0.15, 0.2) is 47.4 Å². The Labute approximate surface area is 126 Å². The molecule has 0 bridgehead atoms. The van der Waals surface area contributed by atoms with Crippen molar-refractivity contribution in [2.24, 2.45) is 0 Å². The third-order valence-corrected chi connectivity index (χ3v) is 5.14. The number of rotatable bonds is 4. The maximum Gasteiger partial charge on any atom is 0.264 e. The summed E-state index contributed by atoms with van der Waals surface area (Å²) in [6, 6.07) is 8.48. The van der Waals surface area contributed by atoms with Crippen LogP contribution in [0.25, 0.3) is 0 Å². The minimum atomic E-state index is -4.03. The smallest absolute Gasteiger partial charge is 0.264 e. The zero-order valence-corrected chi connectivity index (χ0v) is 12.6. The van der Waals surface area contributed by atoms with Crippen molar-refractivity contribution in [3.05, 3.63) is 59.7 Å². The fourth-order valence-corrected chi connectivity index (χ4v) is 3.57. The van der Waals surface area contributed by atoms with Gasteiger partial charge in [0, 0.05) is 12.9 Å². The molecule has 0 radical (unpaired) electrons. The Morgan fingerprint density at radius 1 is 1.10 bits per heavy atom. The Morgan fingerprint density at radius 3 is 2.38 bits per heavy atom. The summed E-state index contributed by atoms with van der Waals surface area (Å²) in [6.45, 7) is 0. The molecule has 2 rings (SSSR count). The van der Waals surface area contributed by atoms with Gasteiger partial charge in [-0.15, -0.1) is 11.6 Å². The van der Waals surface area contributed by atoms with E-state index < -0.39 is 21.7 Å². The van der Waals surface area contributed by atoms with Gasteiger partial charge >= 0.3 is 0 Å². The SMILES string of the molecule is CN(c1cccc(F)c1)S(=O)(=O)c1cc(F)ccc1CCl. The number of halogens is 3. The Hall–Kier alpha value is -1.66. The Kier molecular flexibility index (Phi) is 4.49. The van der Waals surface area contributed by atoms with Gasteiger partial charge in [0.25, 0.3) is 10.0 Å². The van der Waals surface area contributed by atoms with Crippen molar-refractivity contribution in [3.8, 4) is 0 Å². The average molecular weight is 332 g/mol. The quantitative estimate of drug-likeness (QED) is 0.804. The lowest BCUT2D eigenvalue weighted by Crippen LogP contribution is -2.27. The van der Waals surface area contributed by atoms with Crippen LogP contribution in [-0.2, 0) is 15.9 Å². The molecule has 0 heterocycles. The van der Waals surface area contributed by atoms with Crippen molar-refractivity contribution < 1.29 is 17.2 Å². The van der Waals surface area contributed by atoms with E-state index >= 15 is 0 Å². The van der Waals surface area contributed by atoms with Crippen molar-refractivity contribution in [1.29, 1.82) is 0 Å². The van der Waals surface area contributed by atoms with Gasteiger partial charge in [-0.05, 0) is 35.9 Å². The van der Waals surface area contributed by atoms with Gasteiger partial charge in [0.1, 0.15) is 11.6 Å². The number of hydrogen-bond acceptors (Lipinski definition) is 2. The molecule has 0 aliphatic heterocycles. The second-order valence-corrected chi connectivity index (χ2v) is 6.54. The van der Waals surface area contributed by atoms with E-state index in [0.717, 1.165) is 22.5 Å². The summed E-state index contributed by atoms with van der Waals surface area (Å²) in [5, 5.41) is 0. The molecule has 0 aromatic heterocycles. The zero-order valence-electron chi connectivity index (χ0n) is 11.1. The van der Waals surface area contributed by atoms with Gasteiger partial charge in [-0.2, -0.15) is 0 Å². The Bertz CT molecular complexity index is 765. The van der Waals surface area contributed by atoms with E-state index in [9.17, 15) is 17.2 Å². The van der Waals surface area contributed by atoms with Crippen LogP contribution in [0.3, 0.4) is 0 Å². The average Bonchev–Trinajstić information content (AvgIpc) is 2.46. The van der Waals surface area contributed by atoms with Gasteiger partial charge in [-0.1, -0.05) is 12.1 Å².